The van der Waals surface area contributed by atoms with Crippen LogP contribution in [0.15, 0.2) is 30.6 Å². The maximum Gasteiger partial charge on any atom is 0.269 e. The summed E-state index contributed by atoms with van der Waals surface area (Å²) in [4.78, 5) is 31.3. The lowest BCUT2D eigenvalue weighted by molar-refractivity contribution is -0.129. The lowest BCUT2D eigenvalue weighted by atomic mass is 10.1. The number of morpholine rings is 1. The molecular weight excluding hydrogens is 471 g/mol. The highest BCUT2D eigenvalue weighted by atomic mass is 19.1. The van der Waals surface area contributed by atoms with Crippen molar-refractivity contribution in [3.8, 4) is 11.5 Å². The number of amides is 1. The van der Waals surface area contributed by atoms with Gasteiger partial charge in [-0.3, -0.25) is 4.79 Å². The van der Waals surface area contributed by atoms with Crippen molar-refractivity contribution in [1.29, 1.82) is 0 Å². The standard InChI is InChI=1S/C23H25FN8O4/c1-23(2)21(33)30-19-15(36-23)4-5-17(29-19)28-18-14(24)12-26-22(31-18)27-13-10-16(34-3)20(25-11-13)32-6-8-35-9-7-32/h4-5,10-12H,6-9H2,1-3H3,(H3,26,27,28,29,30,31,33). The van der Waals surface area contributed by atoms with Crippen LogP contribution in [-0.4, -0.2) is 64.9 Å². The number of fused-ring (bicyclic) bond motifs is 1. The number of hydrogen-bond donors (Lipinski definition) is 3. The van der Waals surface area contributed by atoms with Crippen LogP contribution in [0.2, 0.25) is 0 Å². The fourth-order valence-corrected chi connectivity index (χ4v) is 3.70. The first-order valence-corrected chi connectivity index (χ1v) is 11.3. The van der Waals surface area contributed by atoms with E-state index in [9.17, 15) is 9.18 Å². The average Bonchev–Trinajstić information content (AvgIpc) is 2.87. The van der Waals surface area contributed by atoms with Crippen LogP contribution < -0.4 is 30.3 Å². The van der Waals surface area contributed by atoms with Crippen LogP contribution in [0.1, 0.15) is 13.8 Å². The molecule has 1 amide bonds. The number of carbonyl (C=O) groups is 1. The van der Waals surface area contributed by atoms with Crippen molar-refractivity contribution in [2.24, 2.45) is 0 Å². The topological polar surface area (TPSA) is 136 Å². The number of pyridine rings is 2. The SMILES string of the molecule is COc1cc(Nc2ncc(F)c(Nc3ccc4c(n3)NC(=O)C(C)(C)O4)n2)cnc1N1CCOCC1. The Balaban J connectivity index is 1.34. The van der Waals surface area contributed by atoms with E-state index < -0.39 is 11.4 Å². The summed E-state index contributed by atoms with van der Waals surface area (Å²) >= 11 is 0. The number of halogens is 1. The molecule has 36 heavy (non-hydrogen) atoms. The maximum absolute atomic E-state index is 14.5. The number of aromatic nitrogens is 4. The molecule has 5 heterocycles. The predicted octanol–water partition coefficient (Wildman–Crippen LogP) is 2.85. The third-order valence-electron chi connectivity index (χ3n) is 5.61. The van der Waals surface area contributed by atoms with E-state index in [1.165, 1.54) is 0 Å². The van der Waals surface area contributed by atoms with Crippen LogP contribution in [0, 0.1) is 5.82 Å². The minimum atomic E-state index is -1.01. The van der Waals surface area contributed by atoms with Gasteiger partial charge in [0.2, 0.25) is 5.95 Å². The Labute approximate surface area is 206 Å². The molecule has 2 aliphatic heterocycles. The summed E-state index contributed by atoms with van der Waals surface area (Å²) in [5, 5.41) is 8.52. The van der Waals surface area contributed by atoms with Gasteiger partial charge in [0.05, 0.1) is 38.4 Å². The van der Waals surface area contributed by atoms with E-state index in [0.29, 0.717) is 36.2 Å². The van der Waals surface area contributed by atoms with E-state index in [1.807, 2.05) is 0 Å². The molecule has 0 saturated carbocycles. The number of nitrogens with one attached hydrogen (secondary N) is 3. The molecule has 0 spiro atoms. The molecule has 0 unspecified atom stereocenters. The highest BCUT2D eigenvalue weighted by Gasteiger charge is 2.36. The summed E-state index contributed by atoms with van der Waals surface area (Å²) in [6.07, 6.45) is 2.67. The molecule has 12 nitrogen and oxygen atoms in total. The molecule has 3 N–H and O–H groups in total. The Bertz CT molecular complexity index is 1300. The maximum atomic E-state index is 14.5. The second-order valence-electron chi connectivity index (χ2n) is 8.60. The van der Waals surface area contributed by atoms with Crippen LogP contribution in [0.4, 0.5) is 39.3 Å². The number of carbonyl (C=O) groups excluding carboxylic acids is 1. The molecule has 3 aromatic rings. The Kier molecular flexibility index (Phi) is 6.14. The van der Waals surface area contributed by atoms with Gasteiger partial charge < -0.3 is 35.1 Å². The molecule has 0 atom stereocenters. The smallest absolute Gasteiger partial charge is 0.269 e. The van der Waals surface area contributed by atoms with Crippen molar-refractivity contribution in [2.75, 3.05) is 54.3 Å². The van der Waals surface area contributed by atoms with Gasteiger partial charge in [-0.15, -0.1) is 0 Å². The van der Waals surface area contributed by atoms with Gasteiger partial charge in [-0.25, -0.2) is 19.3 Å². The van der Waals surface area contributed by atoms with Crippen LogP contribution in [0.25, 0.3) is 0 Å². The summed E-state index contributed by atoms with van der Waals surface area (Å²) < 4.78 is 31.1. The molecule has 1 saturated heterocycles. The van der Waals surface area contributed by atoms with Gasteiger partial charge in [0.25, 0.3) is 5.91 Å². The van der Waals surface area contributed by atoms with E-state index >= 15 is 0 Å². The van der Waals surface area contributed by atoms with E-state index in [-0.39, 0.29) is 29.3 Å². The van der Waals surface area contributed by atoms with Gasteiger partial charge in [-0.05, 0) is 26.0 Å². The highest BCUT2D eigenvalue weighted by molar-refractivity contribution is 5.99. The number of rotatable bonds is 6. The van der Waals surface area contributed by atoms with Crippen molar-refractivity contribution in [3.63, 3.8) is 0 Å². The Morgan fingerprint density at radius 2 is 1.94 bits per heavy atom. The summed E-state index contributed by atoms with van der Waals surface area (Å²) in [7, 11) is 1.57. The van der Waals surface area contributed by atoms with Gasteiger partial charge in [0.15, 0.2) is 40.4 Å². The molecular formula is C23H25FN8O4. The quantitative estimate of drug-likeness (QED) is 0.465. The summed E-state index contributed by atoms with van der Waals surface area (Å²) in [5.74, 6) is 1.22. The lowest BCUT2D eigenvalue weighted by Crippen LogP contribution is -2.46. The van der Waals surface area contributed by atoms with E-state index in [0.717, 1.165) is 19.3 Å². The average molecular weight is 497 g/mol. The van der Waals surface area contributed by atoms with E-state index in [2.05, 4.69) is 40.8 Å². The van der Waals surface area contributed by atoms with Crippen molar-refractivity contribution < 1.29 is 23.4 Å². The van der Waals surface area contributed by atoms with Crippen molar-refractivity contribution in [3.05, 3.63) is 36.4 Å². The van der Waals surface area contributed by atoms with Gasteiger partial charge in [-0.1, -0.05) is 0 Å². The van der Waals surface area contributed by atoms with Crippen LogP contribution in [-0.2, 0) is 9.53 Å². The molecule has 188 valence electrons. The highest BCUT2D eigenvalue weighted by Crippen LogP contribution is 2.34. The van der Waals surface area contributed by atoms with Gasteiger partial charge in [0.1, 0.15) is 5.82 Å². The fraction of sp³-hybridized carbons (Fsp3) is 0.348. The first-order valence-electron chi connectivity index (χ1n) is 11.3. The summed E-state index contributed by atoms with van der Waals surface area (Å²) in [6, 6.07) is 5.01. The number of methoxy groups -OCH3 is 1. The third kappa shape index (κ3) is 4.77. The summed E-state index contributed by atoms with van der Waals surface area (Å²) in [6.45, 7) is 6.00. The zero-order valence-corrected chi connectivity index (χ0v) is 20.0. The number of hydrogen-bond acceptors (Lipinski definition) is 11. The Morgan fingerprint density at radius 1 is 1.14 bits per heavy atom. The lowest BCUT2D eigenvalue weighted by Gasteiger charge is -2.30. The minimum absolute atomic E-state index is 0.104. The number of nitrogens with zero attached hydrogens (tertiary/aromatic N) is 5. The Hall–Kier alpha value is -4.26. The second kappa shape index (κ2) is 9.41. The monoisotopic (exact) mass is 496 g/mol. The molecule has 5 rings (SSSR count). The van der Waals surface area contributed by atoms with Gasteiger partial charge >= 0.3 is 0 Å². The largest absolute Gasteiger partial charge is 0.493 e. The number of anilines is 6. The second-order valence-corrected chi connectivity index (χ2v) is 8.60. The predicted molar refractivity (Wildman–Crippen MR) is 130 cm³/mol. The van der Waals surface area contributed by atoms with Crippen LogP contribution >= 0.6 is 0 Å². The molecule has 2 aliphatic rings. The van der Waals surface area contributed by atoms with Gasteiger partial charge in [-0.2, -0.15) is 4.98 Å². The molecule has 13 heteroatoms. The van der Waals surface area contributed by atoms with Crippen molar-refractivity contribution >= 4 is 40.8 Å². The molecule has 0 bridgehead atoms. The molecule has 0 aliphatic carbocycles. The van der Waals surface area contributed by atoms with Crippen LogP contribution in [0.5, 0.6) is 11.5 Å². The zero-order chi connectivity index (χ0) is 25.3. The fourth-order valence-electron chi connectivity index (χ4n) is 3.70. The first kappa shape index (κ1) is 23.5. The molecule has 0 aromatic carbocycles. The van der Waals surface area contributed by atoms with E-state index in [4.69, 9.17) is 14.2 Å². The van der Waals surface area contributed by atoms with Gasteiger partial charge in [0, 0.05) is 19.2 Å². The van der Waals surface area contributed by atoms with E-state index in [1.54, 1.807) is 45.4 Å². The van der Waals surface area contributed by atoms with Crippen molar-refractivity contribution in [2.45, 2.75) is 19.4 Å². The summed E-state index contributed by atoms with van der Waals surface area (Å²) in [5.41, 5.74) is -0.447. The number of ether oxygens (including phenoxy) is 3. The first-order chi connectivity index (χ1) is 17.3. The molecule has 3 aromatic heterocycles. The Morgan fingerprint density at radius 3 is 2.72 bits per heavy atom. The normalized spacial score (nSPS) is 16.4. The third-order valence-corrected chi connectivity index (χ3v) is 5.61. The van der Waals surface area contributed by atoms with Crippen molar-refractivity contribution in [1.82, 2.24) is 19.9 Å². The minimum Gasteiger partial charge on any atom is -0.493 e. The van der Waals surface area contributed by atoms with Crippen LogP contribution in [0.3, 0.4) is 0 Å². The molecule has 1 fully saturated rings. The molecule has 0 radical (unpaired) electrons. The zero-order valence-electron chi connectivity index (χ0n) is 20.0.